The van der Waals surface area contributed by atoms with Gasteiger partial charge in [0, 0.05) is 0 Å². The van der Waals surface area contributed by atoms with Crippen molar-refractivity contribution in [2.45, 2.75) is 58.0 Å². The first-order chi connectivity index (χ1) is 6.75. The van der Waals surface area contributed by atoms with Crippen molar-refractivity contribution in [3.63, 3.8) is 0 Å². The van der Waals surface area contributed by atoms with Crippen LogP contribution in [0.15, 0.2) is 0 Å². The maximum Gasteiger partial charge on any atom is 0.0627 e. The monoisotopic (exact) mass is 194 g/mol. The fourth-order valence-electron chi connectivity index (χ4n) is 4.15. The fourth-order valence-corrected chi connectivity index (χ4v) is 4.15. The van der Waals surface area contributed by atoms with E-state index >= 15 is 0 Å². The van der Waals surface area contributed by atoms with E-state index in [2.05, 4.69) is 6.92 Å². The molecular weight excluding hydrogens is 172 g/mol. The van der Waals surface area contributed by atoms with Crippen molar-refractivity contribution < 1.29 is 5.11 Å². The zero-order valence-electron chi connectivity index (χ0n) is 9.21. The van der Waals surface area contributed by atoms with Gasteiger partial charge in [-0.25, -0.2) is 0 Å². The lowest BCUT2D eigenvalue weighted by Gasteiger charge is -2.32. The van der Waals surface area contributed by atoms with Crippen molar-refractivity contribution in [2.75, 3.05) is 0 Å². The molecule has 2 bridgehead atoms. The Labute approximate surface area is 86.9 Å². The van der Waals surface area contributed by atoms with Crippen LogP contribution in [0.5, 0.6) is 0 Å². The Morgan fingerprint density at radius 1 is 1.29 bits per heavy atom. The van der Waals surface area contributed by atoms with Crippen LogP contribution in [0.3, 0.4) is 0 Å². The summed E-state index contributed by atoms with van der Waals surface area (Å²) in [6.45, 7) is 2.25. The Bertz CT molecular complexity index is 231. The molecule has 3 saturated carbocycles. The minimum atomic E-state index is 0.0443. The molecule has 3 aliphatic carbocycles. The predicted octanol–water partition coefficient (Wildman–Crippen LogP) is 2.97. The van der Waals surface area contributed by atoms with Gasteiger partial charge in [0.05, 0.1) is 6.10 Å². The molecule has 0 aromatic heterocycles. The van der Waals surface area contributed by atoms with Gasteiger partial charge in [0.25, 0.3) is 0 Å². The topological polar surface area (TPSA) is 20.2 Å². The van der Waals surface area contributed by atoms with Crippen molar-refractivity contribution in [2.24, 2.45) is 23.2 Å². The zero-order chi connectivity index (χ0) is 9.76. The highest BCUT2D eigenvalue weighted by molar-refractivity contribution is 5.04. The second-order valence-corrected chi connectivity index (χ2v) is 6.00. The van der Waals surface area contributed by atoms with Gasteiger partial charge in [-0.15, -0.1) is 0 Å². The summed E-state index contributed by atoms with van der Waals surface area (Å²) in [5, 5.41) is 10.5. The third-order valence-corrected chi connectivity index (χ3v) is 5.42. The normalized spacial score (nSPS) is 45.4. The number of rotatable bonds is 3. The Balaban J connectivity index is 1.71. The van der Waals surface area contributed by atoms with Crippen molar-refractivity contribution in [1.82, 2.24) is 0 Å². The van der Waals surface area contributed by atoms with Gasteiger partial charge in [0.2, 0.25) is 0 Å². The second-order valence-electron chi connectivity index (χ2n) is 6.00. The highest BCUT2D eigenvalue weighted by Crippen LogP contribution is 2.59. The van der Waals surface area contributed by atoms with Crippen molar-refractivity contribution in [3.8, 4) is 0 Å². The van der Waals surface area contributed by atoms with Crippen LogP contribution >= 0.6 is 0 Å². The minimum Gasteiger partial charge on any atom is -0.392 e. The molecule has 0 aliphatic heterocycles. The highest BCUT2D eigenvalue weighted by atomic mass is 16.3. The number of fused-ring (bicyclic) bond motifs is 2. The smallest absolute Gasteiger partial charge is 0.0627 e. The number of hydrogen-bond donors (Lipinski definition) is 1. The second kappa shape index (κ2) is 2.98. The van der Waals surface area contributed by atoms with Crippen LogP contribution in [0.25, 0.3) is 0 Å². The molecule has 1 heteroatoms. The molecule has 3 rings (SSSR count). The molecule has 14 heavy (non-hydrogen) atoms. The Morgan fingerprint density at radius 3 is 2.50 bits per heavy atom. The standard InChI is InChI=1S/C13H22O/c1-2-13(5-6-13)12(14)11-8-9-3-4-10(11)7-9/h9-12,14H,2-8H2,1H3. The Hall–Kier alpha value is -0.0400. The van der Waals surface area contributed by atoms with E-state index in [4.69, 9.17) is 0 Å². The molecule has 4 unspecified atom stereocenters. The van der Waals surface area contributed by atoms with Gasteiger partial charge in [0.1, 0.15) is 0 Å². The molecule has 0 aromatic rings. The molecule has 0 saturated heterocycles. The van der Waals surface area contributed by atoms with Gasteiger partial charge in [0.15, 0.2) is 0 Å². The Kier molecular flexibility index (Phi) is 1.96. The van der Waals surface area contributed by atoms with E-state index in [1.165, 1.54) is 44.9 Å². The van der Waals surface area contributed by atoms with E-state index in [0.29, 0.717) is 11.3 Å². The molecule has 4 atom stereocenters. The van der Waals surface area contributed by atoms with Gasteiger partial charge >= 0.3 is 0 Å². The maximum atomic E-state index is 10.5. The van der Waals surface area contributed by atoms with Crippen molar-refractivity contribution in [1.29, 1.82) is 0 Å². The average molecular weight is 194 g/mol. The summed E-state index contributed by atoms with van der Waals surface area (Å²) in [4.78, 5) is 0. The molecule has 0 heterocycles. The summed E-state index contributed by atoms with van der Waals surface area (Å²) < 4.78 is 0. The number of aliphatic hydroxyl groups is 1. The lowest BCUT2D eigenvalue weighted by Crippen LogP contribution is -2.33. The first-order valence-corrected chi connectivity index (χ1v) is 6.43. The molecule has 0 spiro atoms. The Morgan fingerprint density at radius 2 is 2.07 bits per heavy atom. The van der Waals surface area contributed by atoms with Crippen LogP contribution in [-0.4, -0.2) is 11.2 Å². The average Bonchev–Trinajstić information content (AvgIpc) is 2.73. The largest absolute Gasteiger partial charge is 0.392 e. The molecule has 0 aromatic carbocycles. The predicted molar refractivity (Wildman–Crippen MR) is 56.9 cm³/mol. The third-order valence-electron chi connectivity index (χ3n) is 5.42. The van der Waals surface area contributed by atoms with Crippen LogP contribution in [0.4, 0.5) is 0 Å². The van der Waals surface area contributed by atoms with Crippen molar-refractivity contribution in [3.05, 3.63) is 0 Å². The van der Waals surface area contributed by atoms with Gasteiger partial charge in [-0.1, -0.05) is 13.3 Å². The van der Waals surface area contributed by atoms with Crippen LogP contribution in [-0.2, 0) is 0 Å². The van der Waals surface area contributed by atoms with Crippen LogP contribution in [0.1, 0.15) is 51.9 Å². The molecular formula is C13H22O. The molecule has 80 valence electrons. The zero-order valence-corrected chi connectivity index (χ0v) is 9.21. The molecule has 0 radical (unpaired) electrons. The van der Waals surface area contributed by atoms with Crippen molar-refractivity contribution >= 4 is 0 Å². The quantitative estimate of drug-likeness (QED) is 0.732. The third kappa shape index (κ3) is 1.18. The maximum absolute atomic E-state index is 10.5. The SMILES string of the molecule is CCC1(C(O)C2CC3CCC2C3)CC1. The lowest BCUT2D eigenvalue weighted by atomic mass is 9.77. The highest BCUT2D eigenvalue weighted by Gasteiger charge is 2.54. The fraction of sp³-hybridized carbons (Fsp3) is 1.00. The van der Waals surface area contributed by atoms with Gasteiger partial charge in [-0.05, 0) is 61.7 Å². The first-order valence-electron chi connectivity index (χ1n) is 6.43. The number of hydrogen-bond acceptors (Lipinski definition) is 1. The van der Waals surface area contributed by atoms with E-state index in [1.54, 1.807) is 0 Å². The summed E-state index contributed by atoms with van der Waals surface area (Å²) in [7, 11) is 0. The summed E-state index contributed by atoms with van der Waals surface area (Å²) in [6.07, 6.45) is 9.45. The van der Waals surface area contributed by atoms with Gasteiger partial charge in [-0.2, -0.15) is 0 Å². The molecule has 1 N–H and O–H groups in total. The summed E-state index contributed by atoms with van der Waals surface area (Å²) in [5.74, 6) is 2.54. The van der Waals surface area contributed by atoms with Crippen LogP contribution in [0, 0.1) is 23.2 Å². The van der Waals surface area contributed by atoms with Gasteiger partial charge in [-0.3, -0.25) is 0 Å². The summed E-state index contributed by atoms with van der Waals surface area (Å²) >= 11 is 0. The van der Waals surface area contributed by atoms with E-state index in [1.807, 2.05) is 0 Å². The molecule has 1 nitrogen and oxygen atoms in total. The summed E-state index contributed by atoms with van der Waals surface area (Å²) in [6, 6.07) is 0. The lowest BCUT2D eigenvalue weighted by molar-refractivity contribution is 0.0112. The van der Waals surface area contributed by atoms with E-state index in [0.717, 1.165) is 11.8 Å². The molecule has 3 fully saturated rings. The van der Waals surface area contributed by atoms with E-state index in [-0.39, 0.29) is 6.10 Å². The van der Waals surface area contributed by atoms with Crippen LogP contribution < -0.4 is 0 Å². The number of aliphatic hydroxyl groups excluding tert-OH is 1. The molecule has 0 amide bonds. The minimum absolute atomic E-state index is 0.0443. The molecule has 3 aliphatic rings. The van der Waals surface area contributed by atoms with E-state index < -0.39 is 0 Å². The summed E-state index contributed by atoms with van der Waals surface area (Å²) in [5.41, 5.74) is 0.370. The first kappa shape index (κ1) is 9.21. The van der Waals surface area contributed by atoms with Gasteiger partial charge < -0.3 is 5.11 Å². The van der Waals surface area contributed by atoms with E-state index in [9.17, 15) is 5.11 Å². The van der Waals surface area contributed by atoms with Crippen LogP contribution in [0.2, 0.25) is 0 Å².